The van der Waals surface area contributed by atoms with Crippen LogP contribution in [-0.2, 0) is 19.6 Å². The van der Waals surface area contributed by atoms with Crippen LogP contribution in [0.15, 0.2) is 12.3 Å². The molecular formula is C15H24N2O4. The summed E-state index contributed by atoms with van der Waals surface area (Å²) in [4.78, 5) is 9.10. The first-order chi connectivity index (χ1) is 10.3. The van der Waals surface area contributed by atoms with E-state index in [-0.39, 0.29) is 12.0 Å². The largest absolute Gasteiger partial charge is 0.394 e. The maximum Gasteiger partial charge on any atom is 0.200 e. The fraction of sp³-hybridized carbons (Fsp3) is 0.733. The van der Waals surface area contributed by atoms with E-state index in [4.69, 9.17) is 19.3 Å². The van der Waals surface area contributed by atoms with Crippen LogP contribution in [0.25, 0.3) is 0 Å². The average Bonchev–Trinajstić information content (AvgIpc) is 2.99. The third-order valence-electron chi connectivity index (χ3n) is 4.00. The van der Waals surface area contributed by atoms with Gasteiger partial charge in [0.25, 0.3) is 0 Å². The van der Waals surface area contributed by atoms with Crippen molar-refractivity contribution in [3.63, 3.8) is 0 Å². The molecule has 2 rings (SSSR count). The first-order valence-electron chi connectivity index (χ1n) is 7.33. The molecule has 21 heavy (non-hydrogen) atoms. The zero-order valence-electron chi connectivity index (χ0n) is 12.7. The first-order valence-corrected chi connectivity index (χ1v) is 7.33. The molecule has 0 saturated heterocycles. The van der Waals surface area contributed by atoms with Gasteiger partial charge in [-0.1, -0.05) is 12.8 Å². The molecule has 0 aromatic carbocycles. The molecule has 0 spiro atoms. The van der Waals surface area contributed by atoms with Crippen molar-refractivity contribution in [1.29, 1.82) is 0 Å². The predicted molar refractivity (Wildman–Crippen MR) is 76.8 cm³/mol. The molecule has 0 atom stereocenters. The number of hydrogen-bond acceptors (Lipinski definition) is 6. The van der Waals surface area contributed by atoms with Crippen LogP contribution in [0.4, 0.5) is 0 Å². The van der Waals surface area contributed by atoms with Crippen molar-refractivity contribution in [2.24, 2.45) is 0 Å². The van der Waals surface area contributed by atoms with Crippen LogP contribution in [0.5, 0.6) is 0 Å². The van der Waals surface area contributed by atoms with E-state index in [1.165, 1.54) is 0 Å². The second kappa shape index (κ2) is 7.79. The van der Waals surface area contributed by atoms with Crippen molar-refractivity contribution in [2.45, 2.75) is 37.4 Å². The van der Waals surface area contributed by atoms with Gasteiger partial charge in [0.05, 0.1) is 30.9 Å². The summed E-state index contributed by atoms with van der Waals surface area (Å²) in [6, 6.07) is 1.80. The Bertz CT molecular complexity index is 431. The van der Waals surface area contributed by atoms with Gasteiger partial charge in [-0.05, 0) is 18.9 Å². The Hall–Kier alpha value is -1.08. The van der Waals surface area contributed by atoms with Crippen molar-refractivity contribution in [3.8, 4) is 0 Å². The zero-order chi connectivity index (χ0) is 15.1. The second-order valence-electron chi connectivity index (χ2n) is 5.37. The lowest BCUT2D eigenvalue weighted by Gasteiger charge is -2.27. The molecule has 1 N–H and O–H groups in total. The fourth-order valence-electron chi connectivity index (χ4n) is 2.91. The summed E-state index contributed by atoms with van der Waals surface area (Å²) in [6.07, 6.45) is 5.57. The Balaban J connectivity index is 2.22. The molecule has 0 radical (unpaired) electrons. The Morgan fingerprint density at radius 1 is 1.29 bits per heavy atom. The van der Waals surface area contributed by atoms with Crippen molar-refractivity contribution < 1.29 is 19.3 Å². The van der Waals surface area contributed by atoms with E-state index in [1.54, 1.807) is 26.5 Å². The second-order valence-corrected chi connectivity index (χ2v) is 5.37. The highest BCUT2D eigenvalue weighted by Crippen LogP contribution is 2.40. The number of ether oxygens (including phenoxy) is 3. The zero-order valence-corrected chi connectivity index (χ0v) is 12.7. The molecule has 1 aliphatic carbocycles. The van der Waals surface area contributed by atoms with Crippen LogP contribution < -0.4 is 0 Å². The molecule has 6 heteroatoms. The van der Waals surface area contributed by atoms with Gasteiger partial charge in [0.15, 0.2) is 0 Å². The molecular weight excluding hydrogens is 272 g/mol. The lowest BCUT2D eigenvalue weighted by atomic mass is 9.86. The predicted octanol–water partition coefficient (Wildman–Crippen LogP) is 1.59. The average molecular weight is 296 g/mol. The number of aliphatic hydroxyl groups is 1. The smallest absolute Gasteiger partial charge is 0.200 e. The minimum Gasteiger partial charge on any atom is -0.394 e. The Labute approximate surface area is 125 Å². The molecule has 1 saturated carbocycles. The summed E-state index contributed by atoms with van der Waals surface area (Å²) in [5.41, 5.74) is 0.565. The fourth-order valence-corrected chi connectivity index (χ4v) is 2.91. The minimum atomic E-state index is -0.483. The van der Waals surface area contributed by atoms with Crippen LogP contribution in [-0.4, -0.2) is 49.1 Å². The minimum absolute atomic E-state index is 0.0341. The van der Waals surface area contributed by atoms with E-state index in [1.807, 2.05) is 0 Å². The number of methoxy groups -OCH3 is 2. The van der Waals surface area contributed by atoms with Gasteiger partial charge in [0.1, 0.15) is 5.82 Å². The van der Waals surface area contributed by atoms with Crippen LogP contribution in [0.3, 0.4) is 0 Å². The summed E-state index contributed by atoms with van der Waals surface area (Å²) in [5.74, 6) is 0.787. The third-order valence-corrected chi connectivity index (χ3v) is 4.00. The van der Waals surface area contributed by atoms with Gasteiger partial charge < -0.3 is 19.3 Å². The van der Waals surface area contributed by atoms with Crippen molar-refractivity contribution in [2.75, 3.05) is 34.0 Å². The van der Waals surface area contributed by atoms with Gasteiger partial charge in [0.2, 0.25) is 6.29 Å². The lowest BCUT2D eigenvalue weighted by molar-refractivity contribution is -0.109. The molecule has 1 aromatic rings. The third kappa shape index (κ3) is 3.77. The molecule has 1 fully saturated rings. The van der Waals surface area contributed by atoms with E-state index in [0.29, 0.717) is 13.2 Å². The van der Waals surface area contributed by atoms with Gasteiger partial charge in [-0.3, -0.25) is 0 Å². The van der Waals surface area contributed by atoms with E-state index < -0.39 is 6.29 Å². The van der Waals surface area contributed by atoms with E-state index >= 15 is 0 Å². The molecule has 0 aliphatic heterocycles. The monoisotopic (exact) mass is 296 g/mol. The lowest BCUT2D eigenvalue weighted by Crippen LogP contribution is -2.32. The molecule has 6 nitrogen and oxygen atoms in total. The number of hydrogen-bond donors (Lipinski definition) is 1. The summed E-state index contributed by atoms with van der Waals surface area (Å²) in [5, 5.41) is 8.89. The van der Waals surface area contributed by atoms with Gasteiger partial charge in [0, 0.05) is 20.4 Å². The van der Waals surface area contributed by atoms with Crippen LogP contribution >= 0.6 is 0 Å². The van der Waals surface area contributed by atoms with Crippen LogP contribution in [0, 0.1) is 0 Å². The van der Waals surface area contributed by atoms with Crippen LogP contribution in [0.2, 0.25) is 0 Å². The normalized spacial score (nSPS) is 17.5. The molecule has 1 aromatic heterocycles. The van der Waals surface area contributed by atoms with E-state index in [9.17, 15) is 0 Å². The summed E-state index contributed by atoms with van der Waals surface area (Å²) < 4.78 is 16.1. The summed E-state index contributed by atoms with van der Waals surface area (Å²) in [6.45, 7) is 0.925. The van der Waals surface area contributed by atoms with E-state index in [2.05, 4.69) is 9.97 Å². The first kappa shape index (κ1) is 16.3. The molecule has 0 amide bonds. The number of nitrogens with zero attached hydrogens (tertiary/aromatic N) is 2. The molecule has 1 aliphatic rings. The SMILES string of the molecule is COC(OC)c1ccnc(C2(COCCO)CCCC2)n1. The molecule has 118 valence electrons. The molecule has 0 bridgehead atoms. The summed E-state index contributed by atoms with van der Waals surface area (Å²) in [7, 11) is 3.18. The molecule has 0 unspecified atom stereocenters. The Morgan fingerprint density at radius 3 is 2.62 bits per heavy atom. The van der Waals surface area contributed by atoms with E-state index in [0.717, 1.165) is 37.2 Å². The van der Waals surface area contributed by atoms with Gasteiger partial charge in [-0.15, -0.1) is 0 Å². The topological polar surface area (TPSA) is 73.7 Å². The van der Waals surface area contributed by atoms with Gasteiger partial charge in [-0.2, -0.15) is 0 Å². The number of aromatic nitrogens is 2. The van der Waals surface area contributed by atoms with Gasteiger partial charge >= 0.3 is 0 Å². The van der Waals surface area contributed by atoms with Crippen molar-refractivity contribution in [3.05, 3.63) is 23.8 Å². The highest BCUT2D eigenvalue weighted by molar-refractivity contribution is 5.15. The quantitative estimate of drug-likeness (QED) is 0.580. The van der Waals surface area contributed by atoms with Crippen molar-refractivity contribution >= 4 is 0 Å². The standard InChI is InChI=1S/C15H24N2O4/c1-19-13(20-2)12-5-8-16-14(17-12)15(6-3-4-7-15)11-21-10-9-18/h5,8,13,18H,3-4,6-7,9-11H2,1-2H3. The number of rotatable bonds is 8. The Morgan fingerprint density at radius 2 is 2.00 bits per heavy atom. The molecule has 1 heterocycles. The van der Waals surface area contributed by atoms with Crippen LogP contribution in [0.1, 0.15) is 43.5 Å². The Kier molecular flexibility index (Phi) is 6.05. The highest BCUT2D eigenvalue weighted by atomic mass is 16.7. The maximum absolute atomic E-state index is 8.89. The number of aliphatic hydroxyl groups excluding tert-OH is 1. The highest BCUT2D eigenvalue weighted by Gasteiger charge is 2.39. The van der Waals surface area contributed by atoms with Gasteiger partial charge in [-0.25, -0.2) is 9.97 Å². The maximum atomic E-state index is 8.89. The van der Waals surface area contributed by atoms with Crippen molar-refractivity contribution in [1.82, 2.24) is 9.97 Å². The summed E-state index contributed by atoms with van der Waals surface area (Å²) >= 11 is 0.